The Morgan fingerprint density at radius 2 is 2.17 bits per heavy atom. The minimum atomic E-state index is -0.169. The van der Waals surface area contributed by atoms with Crippen LogP contribution in [0.1, 0.15) is 17.0 Å². The van der Waals surface area contributed by atoms with E-state index >= 15 is 0 Å². The lowest BCUT2D eigenvalue weighted by Crippen LogP contribution is -1.95. The molecule has 0 heterocycles. The summed E-state index contributed by atoms with van der Waals surface area (Å²) in [6.45, 7) is 9.09. The Balaban J connectivity index is 3.15. The van der Waals surface area contributed by atoms with Crippen molar-refractivity contribution in [1.29, 1.82) is 0 Å². The summed E-state index contributed by atoms with van der Waals surface area (Å²) in [5.41, 5.74) is 1.27. The third-order valence-corrected chi connectivity index (χ3v) is 1.91. The lowest BCUT2D eigenvalue weighted by atomic mass is 9.99. The Morgan fingerprint density at radius 3 is 2.75 bits per heavy atom. The van der Waals surface area contributed by atoms with Gasteiger partial charge in [0.2, 0.25) is 0 Å². The highest BCUT2D eigenvalue weighted by molar-refractivity contribution is 5.30. The van der Waals surface area contributed by atoms with E-state index < -0.39 is 0 Å². The summed E-state index contributed by atoms with van der Waals surface area (Å²) in [5.74, 6) is -0.331. The summed E-state index contributed by atoms with van der Waals surface area (Å²) in [4.78, 5) is 0. The molecular formula is C11H12F. The van der Waals surface area contributed by atoms with Gasteiger partial charge in [0.05, 0.1) is 0 Å². The number of hydrogen-bond acceptors (Lipinski definition) is 0. The Bertz CT molecular complexity index is 289. The topological polar surface area (TPSA) is 0 Å². The van der Waals surface area contributed by atoms with Crippen molar-refractivity contribution >= 4 is 0 Å². The van der Waals surface area contributed by atoms with Crippen LogP contribution in [0.2, 0.25) is 0 Å². The van der Waals surface area contributed by atoms with Crippen molar-refractivity contribution < 1.29 is 4.39 Å². The molecule has 0 amide bonds. The molecule has 0 saturated carbocycles. The Kier molecular flexibility index (Phi) is 2.64. The molecular weight excluding hydrogens is 151 g/mol. The molecule has 1 rings (SSSR count). The molecule has 0 aliphatic rings. The first-order chi connectivity index (χ1) is 5.66. The maximum Gasteiger partial charge on any atom is 0.129 e. The Morgan fingerprint density at radius 1 is 1.50 bits per heavy atom. The minimum absolute atomic E-state index is 0.162. The predicted octanol–water partition coefficient (Wildman–Crippen LogP) is 3.24. The van der Waals surface area contributed by atoms with E-state index in [9.17, 15) is 4.39 Å². The van der Waals surface area contributed by atoms with Crippen LogP contribution < -0.4 is 0 Å². The molecule has 0 N–H and O–H groups in total. The molecule has 0 aliphatic carbocycles. The summed E-state index contributed by atoms with van der Waals surface area (Å²) < 4.78 is 13.4. The van der Waals surface area contributed by atoms with Crippen LogP contribution in [-0.4, -0.2) is 0 Å². The van der Waals surface area contributed by atoms with Crippen molar-refractivity contribution in [2.45, 2.75) is 12.8 Å². The summed E-state index contributed by atoms with van der Waals surface area (Å²) in [7, 11) is 0. The van der Waals surface area contributed by atoms with Crippen molar-refractivity contribution in [2.75, 3.05) is 0 Å². The molecule has 0 saturated heterocycles. The highest BCUT2D eigenvalue weighted by Gasteiger charge is 2.08. The van der Waals surface area contributed by atoms with E-state index in [1.165, 1.54) is 0 Å². The van der Waals surface area contributed by atoms with Gasteiger partial charge in [-0.2, -0.15) is 0 Å². The molecule has 1 unspecified atom stereocenters. The number of rotatable bonds is 2. The normalized spacial score (nSPS) is 12.6. The average molecular weight is 163 g/mol. The molecule has 1 radical (unpaired) electrons. The van der Waals surface area contributed by atoms with E-state index in [-0.39, 0.29) is 11.7 Å². The second-order valence-corrected chi connectivity index (χ2v) is 2.82. The zero-order valence-corrected chi connectivity index (χ0v) is 7.18. The van der Waals surface area contributed by atoms with Gasteiger partial charge >= 0.3 is 0 Å². The fraction of sp³-hybridized carbons (Fsp3) is 0.182. The van der Waals surface area contributed by atoms with Gasteiger partial charge in [-0.15, -0.1) is 6.58 Å². The number of hydrogen-bond donors (Lipinski definition) is 0. The lowest BCUT2D eigenvalue weighted by molar-refractivity contribution is 0.600. The molecule has 0 nitrogen and oxygen atoms in total. The zero-order valence-electron chi connectivity index (χ0n) is 7.18. The monoisotopic (exact) mass is 163 g/mol. The van der Waals surface area contributed by atoms with Crippen molar-refractivity contribution in [3.63, 3.8) is 0 Å². The third kappa shape index (κ3) is 1.55. The summed E-state index contributed by atoms with van der Waals surface area (Å²) in [5, 5.41) is 0. The van der Waals surface area contributed by atoms with Crippen LogP contribution in [0, 0.1) is 19.7 Å². The molecule has 0 aromatic heterocycles. The largest absolute Gasteiger partial charge is 0.206 e. The maximum atomic E-state index is 13.4. The molecule has 0 aliphatic heterocycles. The Hall–Kier alpha value is -1.11. The van der Waals surface area contributed by atoms with Gasteiger partial charge in [-0.3, -0.25) is 0 Å². The van der Waals surface area contributed by atoms with Crippen molar-refractivity contribution in [1.82, 2.24) is 0 Å². The van der Waals surface area contributed by atoms with Gasteiger partial charge in [0.1, 0.15) is 5.82 Å². The second kappa shape index (κ2) is 3.53. The van der Waals surface area contributed by atoms with Crippen molar-refractivity contribution in [3.05, 3.63) is 54.7 Å². The van der Waals surface area contributed by atoms with Crippen LogP contribution in [0.25, 0.3) is 0 Å². The SMILES string of the molecule is [CH2]C(C=C)c1cccc(C)c1F. The second-order valence-electron chi connectivity index (χ2n) is 2.82. The van der Waals surface area contributed by atoms with Crippen molar-refractivity contribution in [2.24, 2.45) is 0 Å². The van der Waals surface area contributed by atoms with E-state index in [1.807, 2.05) is 6.07 Å². The average Bonchev–Trinajstić information content (AvgIpc) is 2.08. The van der Waals surface area contributed by atoms with Gasteiger partial charge in [-0.05, 0) is 25.0 Å². The van der Waals surface area contributed by atoms with Gasteiger partial charge < -0.3 is 0 Å². The number of allylic oxidation sites excluding steroid dienone is 1. The molecule has 1 heteroatoms. The Labute approximate surface area is 72.7 Å². The molecule has 12 heavy (non-hydrogen) atoms. The van der Waals surface area contributed by atoms with E-state index in [0.717, 1.165) is 0 Å². The van der Waals surface area contributed by atoms with Gasteiger partial charge in [0.15, 0.2) is 0 Å². The number of aryl methyl sites for hydroxylation is 1. The lowest BCUT2D eigenvalue weighted by Gasteiger charge is -2.08. The van der Waals surface area contributed by atoms with Gasteiger partial charge in [0, 0.05) is 5.92 Å². The van der Waals surface area contributed by atoms with E-state index in [1.54, 1.807) is 25.1 Å². The van der Waals surface area contributed by atoms with Crippen LogP contribution in [0.15, 0.2) is 30.9 Å². The minimum Gasteiger partial charge on any atom is -0.206 e. The van der Waals surface area contributed by atoms with E-state index in [2.05, 4.69) is 13.5 Å². The summed E-state index contributed by atoms with van der Waals surface area (Å²) in [6, 6.07) is 5.31. The van der Waals surface area contributed by atoms with Crippen LogP contribution in [0.5, 0.6) is 0 Å². The van der Waals surface area contributed by atoms with Crippen LogP contribution in [-0.2, 0) is 0 Å². The fourth-order valence-electron chi connectivity index (χ4n) is 1.08. The number of benzene rings is 1. The molecule has 63 valence electrons. The predicted molar refractivity (Wildman–Crippen MR) is 49.4 cm³/mol. The quantitative estimate of drug-likeness (QED) is 0.587. The maximum absolute atomic E-state index is 13.4. The summed E-state index contributed by atoms with van der Waals surface area (Å²) in [6.07, 6.45) is 1.64. The molecule has 1 aromatic carbocycles. The van der Waals surface area contributed by atoms with Gasteiger partial charge in [-0.1, -0.05) is 24.3 Å². The van der Waals surface area contributed by atoms with E-state index in [4.69, 9.17) is 0 Å². The first kappa shape index (κ1) is 8.98. The molecule has 1 aromatic rings. The van der Waals surface area contributed by atoms with Crippen LogP contribution in [0.3, 0.4) is 0 Å². The molecule has 0 spiro atoms. The third-order valence-electron chi connectivity index (χ3n) is 1.91. The zero-order chi connectivity index (χ0) is 9.14. The highest BCUT2D eigenvalue weighted by atomic mass is 19.1. The van der Waals surface area contributed by atoms with Gasteiger partial charge in [0.25, 0.3) is 0 Å². The van der Waals surface area contributed by atoms with Crippen LogP contribution >= 0.6 is 0 Å². The van der Waals surface area contributed by atoms with E-state index in [0.29, 0.717) is 11.1 Å². The fourth-order valence-corrected chi connectivity index (χ4v) is 1.08. The molecule has 0 bridgehead atoms. The smallest absolute Gasteiger partial charge is 0.129 e. The molecule has 0 fully saturated rings. The number of halogens is 1. The first-order valence-corrected chi connectivity index (χ1v) is 3.87. The standard InChI is InChI=1S/C11H12F/c1-4-8(2)10-7-5-6-9(3)11(10)12/h4-8H,1-2H2,3H3. The first-order valence-electron chi connectivity index (χ1n) is 3.87. The summed E-state index contributed by atoms with van der Waals surface area (Å²) >= 11 is 0. The van der Waals surface area contributed by atoms with Crippen molar-refractivity contribution in [3.8, 4) is 0 Å². The highest BCUT2D eigenvalue weighted by Crippen LogP contribution is 2.21. The van der Waals surface area contributed by atoms with Gasteiger partial charge in [-0.25, -0.2) is 4.39 Å². The molecule has 1 atom stereocenters. The van der Waals surface area contributed by atoms with Crippen LogP contribution in [0.4, 0.5) is 4.39 Å².